The lowest BCUT2D eigenvalue weighted by Crippen LogP contribution is -2.28. The summed E-state index contributed by atoms with van der Waals surface area (Å²) in [6.07, 6.45) is 4.07. The van der Waals surface area contributed by atoms with Gasteiger partial charge in [-0.25, -0.2) is 0 Å². The molecule has 0 saturated heterocycles. The van der Waals surface area contributed by atoms with Crippen molar-refractivity contribution in [1.82, 2.24) is 10.2 Å². The van der Waals surface area contributed by atoms with Gasteiger partial charge in [0.25, 0.3) is 0 Å². The molecule has 0 aliphatic heterocycles. The fraction of sp³-hybridized carbons (Fsp3) is 0.667. The van der Waals surface area contributed by atoms with E-state index in [1.54, 1.807) is 11.3 Å². The molecule has 0 unspecified atom stereocenters. The van der Waals surface area contributed by atoms with E-state index < -0.39 is 0 Å². The molecule has 15 heavy (non-hydrogen) atoms. The molecule has 0 spiro atoms. The van der Waals surface area contributed by atoms with Crippen LogP contribution in [0.2, 0.25) is 0 Å². The van der Waals surface area contributed by atoms with E-state index in [9.17, 15) is 0 Å². The smallest absolute Gasteiger partial charge is 0.0244 e. The van der Waals surface area contributed by atoms with Gasteiger partial charge in [-0.3, -0.25) is 4.90 Å². The van der Waals surface area contributed by atoms with Crippen molar-refractivity contribution in [3.05, 3.63) is 22.4 Å². The quantitative estimate of drug-likeness (QED) is 0.715. The van der Waals surface area contributed by atoms with E-state index in [1.165, 1.54) is 31.4 Å². The Kier molecular flexibility index (Phi) is 4.18. The SMILES string of the molecule is CNCCCN(Cc1ccsc1)C1CC1. The van der Waals surface area contributed by atoms with Crippen molar-refractivity contribution in [3.8, 4) is 0 Å². The van der Waals surface area contributed by atoms with Crippen molar-refractivity contribution in [2.24, 2.45) is 0 Å². The van der Waals surface area contributed by atoms with E-state index in [1.807, 2.05) is 7.05 Å². The average Bonchev–Trinajstić information content (AvgIpc) is 2.97. The second kappa shape index (κ2) is 5.64. The lowest BCUT2D eigenvalue weighted by Gasteiger charge is -2.21. The highest BCUT2D eigenvalue weighted by atomic mass is 32.1. The van der Waals surface area contributed by atoms with Crippen molar-refractivity contribution >= 4 is 11.3 Å². The van der Waals surface area contributed by atoms with Crippen molar-refractivity contribution in [3.63, 3.8) is 0 Å². The molecular weight excluding hydrogens is 204 g/mol. The van der Waals surface area contributed by atoms with Crippen LogP contribution in [0.1, 0.15) is 24.8 Å². The van der Waals surface area contributed by atoms with Gasteiger partial charge in [-0.1, -0.05) is 0 Å². The summed E-state index contributed by atoms with van der Waals surface area (Å²) in [5, 5.41) is 7.66. The molecule has 1 aromatic rings. The predicted molar refractivity (Wildman–Crippen MR) is 66.3 cm³/mol. The lowest BCUT2D eigenvalue weighted by atomic mass is 10.3. The summed E-state index contributed by atoms with van der Waals surface area (Å²) < 4.78 is 0. The standard InChI is InChI=1S/C12H20N2S/c1-13-6-2-7-14(12-3-4-12)9-11-5-8-15-10-11/h5,8,10,12-13H,2-4,6-7,9H2,1H3. The van der Waals surface area contributed by atoms with Crippen LogP contribution in [-0.4, -0.2) is 31.1 Å². The first kappa shape index (κ1) is 11.1. The minimum absolute atomic E-state index is 0.877. The Labute approximate surface area is 96.3 Å². The van der Waals surface area contributed by atoms with Crippen LogP contribution < -0.4 is 5.32 Å². The molecule has 1 heterocycles. The number of hydrogen-bond acceptors (Lipinski definition) is 3. The Bertz CT molecular complexity index is 267. The molecule has 1 aliphatic rings. The summed E-state index contributed by atoms with van der Waals surface area (Å²) in [5.74, 6) is 0. The molecule has 2 nitrogen and oxygen atoms in total. The molecule has 84 valence electrons. The van der Waals surface area contributed by atoms with Gasteiger partial charge in [-0.15, -0.1) is 0 Å². The summed E-state index contributed by atoms with van der Waals surface area (Å²) in [4.78, 5) is 2.64. The van der Waals surface area contributed by atoms with Gasteiger partial charge >= 0.3 is 0 Å². The first-order valence-corrected chi connectivity index (χ1v) is 6.74. The molecular formula is C12H20N2S. The zero-order valence-electron chi connectivity index (χ0n) is 9.41. The molecule has 1 aromatic heterocycles. The third-order valence-corrected chi connectivity index (χ3v) is 3.63. The highest BCUT2D eigenvalue weighted by Gasteiger charge is 2.28. The summed E-state index contributed by atoms with van der Waals surface area (Å²) in [7, 11) is 2.03. The zero-order chi connectivity index (χ0) is 10.5. The summed E-state index contributed by atoms with van der Waals surface area (Å²) in [6, 6.07) is 3.12. The van der Waals surface area contributed by atoms with Crippen LogP contribution in [0.15, 0.2) is 16.8 Å². The topological polar surface area (TPSA) is 15.3 Å². The number of rotatable bonds is 7. The minimum atomic E-state index is 0.877. The lowest BCUT2D eigenvalue weighted by molar-refractivity contribution is 0.251. The maximum absolute atomic E-state index is 3.22. The number of nitrogens with one attached hydrogen (secondary N) is 1. The number of hydrogen-bond donors (Lipinski definition) is 1. The molecule has 1 aliphatic carbocycles. The Hall–Kier alpha value is -0.380. The fourth-order valence-electron chi connectivity index (χ4n) is 1.91. The van der Waals surface area contributed by atoms with Crippen molar-refractivity contribution < 1.29 is 0 Å². The Morgan fingerprint density at radius 2 is 2.40 bits per heavy atom. The maximum atomic E-state index is 3.22. The largest absolute Gasteiger partial charge is 0.320 e. The van der Waals surface area contributed by atoms with E-state index in [0.717, 1.165) is 19.1 Å². The van der Waals surface area contributed by atoms with Crippen molar-refractivity contribution in [2.45, 2.75) is 31.8 Å². The first-order chi connectivity index (χ1) is 7.40. The van der Waals surface area contributed by atoms with E-state index in [4.69, 9.17) is 0 Å². The van der Waals surface area contributed by atoms with Gasteiger partial charge in [0.1, 0.15) is 0 Å². The van der Waals surface area contributed by atoms with Crippen LogP contribution in [0.5, 0.6) is 0 Å². The monoisotopic (exact) mass is 224 g/mol. The van der Waals surface area contributed by atoms with Gasteiger partial charge in [0, 0.05) is 12.6 Å². The van der Waals surface area contributed by atoms with E-state index in [2.05, 4.69) is 27.0 Å². The highest BCUT2D eigenvalue weighted by molar-refractivity contribution is 7.07. The minimum Gasteiger partial charge on any atom is -0.320 e. The van der Waals surface area contributed by atoms with Gasteiger partial charge in [0.05, 0.1) is 0 Å². The normalized spacial score (nSPS) is 16.1. The molecule has 0 aromatic carbocycles. The molecule has 3 heteroatoms. The number of nitrogens with zero attached hydrogens (tertiary/aromatic N) is 1. The molecule has 1 N–H and O–H groups in total. The maximum Gasteiger partial charge on any atom is 0.0244 e. The molecule has 0 bridgehead atoms. The van der Waals surface area contributed by atoms with Gasteiger partial charge < -0.3 is 5.32 Å². The molecule has 1 fully saturated rings. The number of thiophene rings is 1. The van der Waals surface area contributed by atoms with Gasteiger partial charge in [0.15, 0.2) is 0 Å². The summed E-state index contributed by atoms with van der Waals surface area (Å²) >= 11 is 1.80. The zero-order valence-corrected chi connectivity index (χ0v) is 10.2. The Morgan fingerprint density at radius 1 is 1.53 bits per heavy atom. The first-order valence-electron chi connectivity index (χ1n) is 5.80. The van der Waals surface area contributed by atoms with Crippen LogP contribution in [0, 0.1) is 0 Å². The Balaban J connectivity index is 1.78. The van der Waals surface area contributed by atoms with Gasteiger partial charge in [-0.05, 0) is 61.8 Å². The summed E-state index contributed by atoms with van der Waals surface area (Å²) in [6.45, 7) is 3.52. The second-order valence-electron chi connectivity index (χ2n) is 4.29. The second-order valence-corrected chi connectivity index (χ2v) is 5.07. The van der Waals surface area contributed by atoms with Crippen LogP contribution in [0.4, 0.5) is 0 Å². The van der Waals surface area contributed by atoms with Crippen molar-refractivity contribution in [2.75, 3.05) is 20.1 Å². The predicted octanol–water partition coefficient (Wildman–Crippen LogP) is 2.32. The molecule has 0 radical (unpaired) electrons. The molecule has 0 amide bonds. The van der Waals surface area contributed by atoms with E-state index >= 15 is 0 Å². The third kappa shape index (κ3) is 3.59. The highest BCUT2D eigenvalue weighted by Crippen LogP contribution is 2.28. The molecule has 2 rings (SSSR count). The Morgan fingerprint density at radius 3 is 3.00 bits per heavy atom. The summed E-state index contributed by atoms with van der Waals surface area (Å²) in [5.41, 5.74) is 1.48. The van der Waals surface area contributed by atoms with Gasteiger partial charge in [-0.2, -0.15) is 11.3 Å². The van der Waals surface area contributed by atoms with E-state index in [0.29, 0.717) is 0 Å². The van der Waals surface area contributed by atoms with Crippen LogP contribution in [-0.2, 0) is 6.54 Å². The average molecular weight is 224 g/mol. The van der Waals surface area contributed by atoms with Gasteiger partial charge in [0.2, 0.25) is 0 Å². The van der Waals surface area contributed by atoms with Crippen LogP contribution >= 0.6 is 11.3 Å². The fourth-order valence-corrected chi connectivity index (χ4v) is 2.57. The third-order valence-electron chi connectivity index (χ3n) is 2.90. The van der Waals surface area contributed by atoms with E-state index in [-0.39, 0.29) is 0 Å². The van der Waals surface area contributed by atoms with Crippen LogP contribution in [0.3, 0.4) is 0 Å². The van der Waals surface area contributed by atoms with Crippen LogP contribution in [0.25, 0.3) is 0 Å². The van der Waals surface area contributed by atoms with Crippen molar-refractivity contribution in [1.29, 1.82) is 0 Å². The molecule has 0 atom stereocenters. The molecule has 1 saturated carbocycles.